The molecule has 0 aromatic heterocycles. The van der Waals surface area contributed by atoms with Crippen molar-refractivity contribution in [3.63, 3.8) is 0 Å². The number of hydrogen-bond acceptors (Lipinski definition) is 3. The van der Waals surface area contributed by atoms with Gasteiger partial charge in [0.25, 0.3) is 0 Å². The van der Waals surface area contributed by atoms with Crippen molar-refractivity contribution in [2.75, 3.05) is 0 Å². The predicted octanol–water partition coefficient (Wildman–Crippen LogP) is 0.124. The first-order chi connectivity index (χ1) is 4.63. The summed E-state index contributed by atoms with van der Waals surface area (Å²) >= 11 is 0. The third kappa shape index (κ3) is 0.988. The van der Waals surface area contributed by atoms with Gasteiger partial charge in [-0.2, -0.15) is 0 Å². The SMILES string of the molecule is CC(=O)C1C(=O)CCC1=O. The summed E-state index contributed by atoms with van der Waals surface area (Å²) in [6.07, 6.45) is 0.506. The average Bonchev–Trinajstić information content (AvgIpc) is 2.11. The Balaban J connectivity index is 2.82. The van der Waals surface area contributed by atoms with E-state index in [1.807, 2.05) is 0 Å². The van der Waals surface area contributed by atoms with E-state index in [1.165, 1.54) is 6.92 Å². The van der Waals surface area contributed by atoms with Crippen LogP contribution < -0.4 is 0 Å². The summed E-state index contributed by atoms with van der Waals surface area (Å²) < 4.78 is 0. The Morgan fingerprint density at radius 1 is 1.30 bits per heavy atom. The minimum Gasteiger partial charge on any atom is -0.299 e. The third-order valence-corrected chi connectivity index (χ3v) is 1.67. The molecule has 0 unspecified atom stereocenters. The van der Waals surface area contributed by atoms with E-state index in [0.29, 0.717) is 0 Å². The van der Waals surface area contributed by atoms with Crippen LogP contribution in [0.5, 0.6) is 0 Å². The predicted molar refractivity (Wildman–Crippen MR) is 33.4 cm³/mol. The molecule has 0 aromatic carbocycles. The molecule has 0 aliphatic heterocycles. The highest BCUT2D eigenvalue weighted by Gasteiger charge is 2.35. The molecule has 0 spiro atoms. The van der Waals surface area contributed by atoms with Gasteiger partial charge in [-0.3, -0.25) is 14.4 Å². The zero-order valence-corrected chi connectivity index (χ0v) is 5.72. The van der Waals surface area contributed by atoms with Crippen LogP contribution >= 0.6 is 0 Å². The van der Waals surface area contributed by atoms with E-state index in [1.54, 1.807) is 0 Å². The first-order valence-corrected chi connectivity index (χ1v) is 3.19. The summed E-state index contributed by atoms with van der Waals surface area (Å²) in [6.45, 7) is 1.28. The van der Waals surface area contributed by atoms with Gasteiger partial charge in [-0.1, -0.05) is 0 Å². The Hall–Kier alpha value is -0.990. The quantitative estimate of drug-likeness (QED) is 0.486. The first kappa shape index (κ1) is 7.12. The number of hydrogen-bond donors (Lipinski definition) is 0. The summed E-state index contributed by atoms with van der Waals surface area (Å²) in [5.74, 6) is -1.65. The Labute approximate surface area is 58.4 Å². The Kier molecular flexibility index (Phi) is 1.66. The van der Waals surface area contributed by atoms with Crippen LogP contribution in [0.25, 0.3) is 0 Å². The smallest absolute Gasteiger partial charge is 0.151 e. The molecule has 0 bridgehead atoms. The maximum Gasteiger partial charge on any atom is 0.151 e. The van der Waals surface area contributed by atoms with Gasteiger partial charge in [-0.05, 0) is 6.92 Å². The molecule has 1 fully saturated rings. The zero-order valence-electron chi connectivity index (χ0n) is 5.72. The Morgan fingerprint density at radius 2 is 1.70 bits per heavy atom. The molecule has 0 amide bonds. The van der Waals surface area contributed by atoms with Crippen molar-refractivity contribution in [2.24, 2.45) is 5.92 Å². The van der Waals surface area contributed by atoms with Gasteiger partial charge in [-0.15, -0.1) is 0 Å². The van der Waals surface area contributed by atoms with Crippen molar-refractivity contribution in [3.05, 3.63) is 0 Å². The molecule has 10 heavy (non-hydrogen) atoms. The lowest BCUT2D eigenvalue weighted by Gasteiger charge is -1.97. The maximum atomic E-state index is 10.8. The minimum absolute atomic E-state index is 0.211. The van der Waals surface area contributed by atoms with Crippen molar-refractivity contribution in [1.29, 1.82) is 0 Å². The lowest BCUT2D eigenvalue weighted by Crippen LogP contribution is -2.22. The molecular weight excluding hydrogens is 132 g/mol. The maximum absolute atomic E-state index is 10.8. The van der Waals surface area contributed by atoms with Gasteiger partial charge in [0.1, 0.15) is 11.7 Å². The van der Waals surface area contributed by atoms with Gasteiger partial charge < -0.3 is 0 Å². The van der Waals surface area contributed by atoms with Gasteiger partial charge in [0.05, 0.1) is 0 Å². The highest BCUT2D eigenvalue weighted by molar-refractivity contribution is 6.22. The Bertz CT molecular complexity index is 189. The summed E-state index contributed by atoms with van der Waals surface area (Å²) in [6, 6.07) is 0. The molecule has 3 nitrogen and oxygen atoms in total. The van der Waals surface area contributed by atoms with Crippen molar-refractivity contribution in [2.45, 2.75) is 19.8 Å². The van der Waals surface area contributed by atoms with Gasteiger partial charge >= 0.3 is 0 Å². The molecule has 0 saturated heterocycles. The molecule has 0 heterocycles. The van der Waals surface area contributed by atoms with Gasteiger partial charge in [0, 0.05) is 12.8 Å². The Morgan fingerprint density at radius 3 is 1.90 bits per heavy atom. The fraction of sp³-hybridized carbons (Fsp3) is 0.571. The molecule has 0 aromatic rings. The molecule has 54 valence electrons. The second-order valence-corrected chi connectivity index (χ2v) is 2.48. The fourth-order valence-electron chi connectivity index (χ4n) is 1.17. The topological polar surface area (TPSA) is 51.2 Å². The number of rotatable bonds is 1. The first-order valence-electron chi connectivity index (χ1n) is 3.19. The van der Waals surface area contributed by atoms with Crippen LogP contribution in [-0.4, -0.2) is 17.3 Å². The molecule has 1 aliphatic rings. The summed E-state index contributed by atoms with van der Waals surface area (Å²) in [5, 5.41) is 0. The standard InChI is InChI=1S/C7H8O3/c1-4(8)7-5(9)2-3-6(7)10/h7H,2-3H2,1H3. The zero-order chi connectivity index (χ0) is 7.72. The number of carbonyl (C=O) groups excluding carboxylic acids is 3. The van der Waals surface area contributed by atoms with Crippen LogP contribution in [0, 0.1) is 5.92 Å². The number of Topliss-reactive ketones (excluding diaryl/α,β-unsaturated/α-hetero) is 3. The average molecular weight is 140 g/mol. The van der Waals surface area contributed by atoms with Crippen molar-refractivity contribution in [1.82, 2.24) is 0 Å². The van der Waals surface area contributed by atoms with E-state index in [-0.39, 0.29) is 30.2 Å². The summed E-state index contributed by atoms with van der Waals surface area (Å²) in [5.41, 5.74) is 0. The van der Waals surface area contributed by atoms with Crippen LogP contribution in [0.2, 0.25) is 0 Å². The van der Waals surface area contributed by atoms with Gasteiger partial charge in [-0.25, -0.2) is 0 Å². The van der Waals surface area contributed by atoms with E-state index in [4.69, 9.17) is 0 Å². The van der Waals surface area contributed by atoms with E-state index < -0.39 is 5.92 Å². The lowest BCUT2D eigenvalue weighted by atomic mass is 10.0. The molecular formula is C7H8O3. The van der Waals surface area contributed by atoms with E-state index in [0.717, 1.165) is 0 Å². The highest BCUT2D eigenvalue weighted by atomic mass is 16.2. The third-order valence-electron chi connectivity index (χ3n) is 1.67. The molecule has 0 radical (unpaired) electrons. The summed E-state index contributed by atoms with van der Waals surface area (Å²) in [4.78, 5) is 32.2. The normalized spacial score (nSPS) is 20.1. The largest absolute Gasteiger partial charge is 0.299 e. The molecule has 1 rings (SSSR count). The van der Waals surface area contributed by atoms with Crippen molar-refractivity contribution in [3.8, 4) is 0 Å². The minimum atomic E-state index is -0.917. The van der Waals surface area contributed by atoms with Crippen molar-refractivity contribution >= 4 is 17.3 Å². The molecule has 0 atom stereocenters. The van der Waals surface area contributed by atoms with Crippen LogP contribution in [0.15, 0.2) is 0 Å². The van der Waals surface area contributed by atoms with Gasteiger partial charge in [0.2, 0.25) is 0 Å². The molecule has 1 saturated carbocycles. The molecule has 0 N–H and O–H groups in total. The van der Waals surface area contributed by atoms with Crippen LogP contribution in [0.4, 0.5) is 0 Å². The second-order valence-electron chi connectivity index (χ2n) is 2.48. The molecule has 3 heteroatoms. The highest BCUT2D eigenvalue weighted by Crippen LogP contribution is 2.17. The van der Waals surface area contributed by atoms with E-state index >= 15 is 0 Å². The van der Waals surface area contributed by atoms with Crippen molar-refractivity contribution < 1.29 is 14.4 Å². The number of ketones is 3. The fourth-order valence-corrected chi connectivity index (χ4v) is 1.17. The van der Waals surface area contributed by atoms with E-state index in [2.05, 4.69) is 0 Å². The van der Waals surface area contributed by atoms with Crippen LogP contribution in [0.3, 0.4) is 0 Å². The lowest BCUT2D eigenvalue weighted by molar-refractivity contribution is -0.134. The van der Waals surface area contributed by atoms with Crippen LogP contribution in [-0.2, 0) is 14.4 Å². The summed E-state index contributed by atoms with van der Waals surface area (Å²) in [7, 11) is 0. The number of carbonyl (C=O) groups is 3. The second kappa shape index (κ2) is 2.33. The monoisotopic (exact) mass is 140 g/mol. The van der Waals surface area contributed by atoms with E-state index in [9.17, 15) is 14.4 Å². The van der Waals surface area contributed by atoms with Crippen LogP contribution in [0.1, 0.15) is 19.8 Å². The molecule has 1 aliphatic carbocycles. The van der Waals surface area contributed by atoms with Gasteiger partial charge in [0.15, 0.2) is 11.6 Å².